The van der Waals surface area contributed by atoms with E-state index in [0.29, 0.717) is 0 Å². The second-order valence-electron chi connectivity index (χ2n) is 5.65. The molecule has 1 N–H and O–H groups in total. The predicted octanol–water partition coefficient (Wildman–Crippen LogP) is 3.62. The minimum absolute atomic E-state index is 0.136. The Kier molecular flexibility index (Phi) is 4.10. The molecule has 4 nitrogen and oxygen atoms in total. The molecular weight excluding hydrogens is 348 g/mol. The molecule has 0 saturated carbocycles. The summed E-state index contributed by atoms with van der Waals surface area (Å²) in [6, 6.07) is 4.31. The first-order chi connectivity index (χ1) is 10.1. The van der Waals surface area contributed by atoms with E-state index in [0.717, 1.165) is 29.0 Å². The molecule has 0 aromatic carbocycles. The number of rotatable bonds is 5. The van der Waals surface area contributed by atoms with Gasteiger partial charge >= 0.3 is 0 Å². The molecule has 0 radical (unpaired) electrons. The first kappa shape index (κ1) is 14.7. The molecule has 0 bridgehead atoms. The SMILES string of the molecule is CC(C)(CNCc1cnc2cnc(Br)cn12)c1cccs1. The van der Waals surface area contributed by atoms with Gasteiger partial charge in [-0.05, 0) is 27.4 Å². The lowest BCUT2D eigenvalue weighted by Crippen LogP contribution is -2.32. The van der Waals surface area contributed by atoms with Crippen molar-refractivity contribution in [3.63, 3.8) is 0 Å². The van der Waals surface area contributed by atoms with Crippen LogP contribution in [0.5, 0.6) is 0 Å². The largest absolute Gasteiger partial charge is 0.310 e. The summed E-state index contributed by atoms with van der Waals surface area (Å²) in [6.07, 6.45) is 5.61. The molecule has 3 rings (SSSR count). The van der Waals surface area contributed by atoms with Gasteiger partial charge in [0.15, 0.2) is 5.65 Å². The zero-order valence-electron chi connectivity index (χ0n) is 12.0. The lowest BCUT2D eigenvalue weighted by Gasteiger charge is -2.23. The van der Waals surface area contributed by atoms with Gasteiger partial charge in [-0.2, -0.15) is 0 Å². The molecule has 0 unspecified atom stereocenters. The van der Waals surface area contributed by atoms with Gasteiger partial charge in [0.1, 0.15) is 4.60 Å². The minimum Gasteiger partial charge on any atom is -0.310 e. The van der Waals surface area contributed by atoms with E-state index in [9.17, 15) is 0 Å². The molecule has 0 atom stereocenters. The van der Waals surface area contributed by atoms with Crippen LogP contribution in [-0.4, -0.2) is 20.9 Å². The van der Waals surface area contributed by atoms with Crippen LogP contribution >= 0.6 is 27.3 Å². The molecule has 110 valence electrons. The normalized spacial score (nSPS) is 12.1. The Balaban J connectivity index is 1.68. The summed E-state index contributed by atoms with van der Waals surface area (Å²) in [5.41, 5.74) is 2.14. The number of hydrogen-bond acceptors (Lipinski definition) is 4. The number of aromatic nitrogens is 3. The van der Waals surface area contributed by atoms with Gasteiger partial charge in [0.05, 0.1) is 18.1 Å². The van der Waals surface area contributed by atoms with Crippen molar-refractivity contribution < 1.29 is 0 Å². The lowest BCUT2D eigenvalue weighted by atomic mass is 9.91. The van der Waals surface area contributed by atoms with Crippen LogP contribution in [0.15, 0.2) is 40.7 Å². The Hall–Kier alpha value is -1.24. The smallest absolute Gasteiger partial charge is 0.155 e. The van der Waals surface area contributed by atoms with Crippen molar-refractivity contribution in [2.45, 2.75) is 25.8 Å². The molecule has 0 aliphatic heterocycles. The van der Waals surface area contributed by atoms with Gasteiger partial charge in [-0.1, -0.05) is 19.9 Å². The molecule has 0 fully saturated rings. The standard InChI is InChI=1S/C15H17BrN4S/c1-15(2,12-4-3-5-21-12)10-17-6-11-7-19-14-8-18-13(16)9-20(11)14/h3-5,7-9,17H,6,10H2,1-2H3. The number of nitrogens with zero attached hydrogens (tertiary/aromatic N) is 3. The van der Waals surface area contributed by atoms with Crippen LogP contribution in [0.25, 0.3) is 5.65 Å². The number of hydrogen-bond donors (Lipinski definition) is 1. The van der Waals surface area contributed by atoms with Crippen molar-refractivity contribution in [1.82, 2.24) is 19.7 Å². The monoisotopic (exact) mass is 364 g/mol. The average molecular weight is 365 g/mol. The van der Waals surface area contributed by atoms with Crippen LogP contribution in [0.4, 0.5) is 0 Å². The van der Waals surface area contributed by atoms with Gasteiger partial charge in [0.25, 0.3) is 0 Å². The Labute approximate surface area is 136 Å². The van der Waals surface area contributed by atoms with Crippen molar-refractivity contribution in [1.29, 1.82) is 0 Å². The van der Waals surface area contributed by atoms with E-state index in [2.05, 4.69) is 67.0 Å². The topological polar surface area (TPSA) is 42.2 Å². The quantitative estimate of drug-likeness (QED) is 0.751. The summed E-state index contributed by atoms with van der Waals surface area (Å²) in [5, 5.41) is 5.67. The van der Waals surface area contributed by atoms with Crippen LogP contribution < -0.4 is 5.32 Å². The van der Waals surface area contributed by atoms with Crippen molar-refractivity contribution in [3.8, 4) is 0 Å². The average Bonchev–Trinajstić information content (AvgIpc) is 3.08. The van der Waals surface area contributed by atoms with E-state index in [4.69, 9.17) is 0 Å². The molecule has 0 spiro atoms. The zero-order valence-corrected chi connectivity index (χ0v) is 14.4. The molecule has 3 heterocycles. The van der Waals surface area contributed by atoms with Crippen molar-refractivity contribution in [2.24, 2.45) is 0 Å². The Morgan fingerprint density at radius 1 is 1.33 bits per heavy atom. The summed E-state index contributed by atoms with van der Waals surface area (Å²) in [4.78, 5) is 9.96. The molecule has 0 aliphatic rings. The highest BCUT2D eigenvalue weighted by atomic mass is 79.9. The number of fused-ring (bicyclic) bond motifs is 1. The minimum atomic E-state index is 0.136. The van der Waals surface area contributed by atoms with Crippen LogP contribution in [0.3, 0.4) is 0 Å². The van der Waals surface area contributed by atoms with Crippen LogP contribution in [0.2, 0.25) is 0 Å². The van der Waals surface area contributed by atoms with Crippen molar-refractivity contribution in [3.05, 3.63) is 51.3 Å². The fourth-order valence-corrected chi connectivity index (χ4v) is 3.46. The first-order valence-electron chi connectivity index (χ1n) is 6.78. The van der Waals surface area contributed by atoms with E-state index >= 15 is 0 Å². The molecule has 0 aliphatic carbocycles. The van der Waals surface area contributed by atoms with Gasteiger partial charge in [-0.3, -0.25) is 4.40 Å². The molecule has 6 heteroatoms. The van der Waals surface area contributed by atoms with E-state index in [1.165, 1.54) is 4.88 Å². The number of imidazole rings is 1. The van der Waals surface area contributed by atoms with Gasteiger partial charge in [0, 0.05) is 29.6 Å². The summed E-state index contributed by atoms with van der Waals surface area (Å²) in [5.74, 6) is 0. The van der Waals surface area contributed by atoms with Gasteiger partial charge in [-0.15, -0.1) is 11.3 Å². The molecular formula is C15H17BrN4S. The number of halogens is 1. The highest BCUT2D eigenvalue weighted by molar-refractivity contribution is 9.10. The third-order valence-electron chi connectivity index (χ3n) is 3.50. The fraction of sp³-hybridized carbons (Fsp3) is 0.333. The maximum atomic E-state index is 4.37. The maximum absolute atomic E-state index is 4.37. The summed E-state index contributed by atoms with van der Waals surface area (Å²) >= 11 is 5.21. The molecule has 3 aromatic heterocycles. The van der Waals surface area contributed by atoms with Crippen LogP contribution in [0.1, 0.15) is 24.4 Å². The van der Waals surface area contributed by atoms with E-state index < -0.39 is 0 Å². The fourth-order valence-electron chi connectivity index (χ4n) is 2.30. The molecule has 3 aromatic rings. The summed E-state index contributed by atoms with van der Waals surface area (Å²) in [6.45, 7) is 6.24. The third-order valence-corrected chi connectivity index (χ3v) is 5.15. The lowest BCUT2D eigenvalue weighted by molar-refractivity contribution is 0.474. The van der Waals surface area contributed by atoms with Gasteiger partial charge in [0.2, 0.25) is 0 Å². The number of thiophene rings is 1. The predicted molar refractivity (Wildman–Crippen MR) is 89.7 cm³/mol. The molecule has 21 heavy (non-hydrogen) atoms. The highest BCUT2D eigenvalue weighted by Gasteiger charge is 2.21. The summed E-state index contributed by atoms with van der Waals surface area (Å²) < 4.78 is 2.87. The van der Waals surface area contributed by atoms with Crippen molar-refractivity contribution >= 4 is 32.9 Å². The van der Waals surface area contributed by atoms with Crippen LogP contribution in [-0.2, 0) is 12.0 Å². The van der Waals surface area contributed by atoms with Gasteiger partial charge in [-0.25, -0.2) is 9.97 Å². The second-order valence-corrected chi connectivity index (χ2v) is 7.41. The van der Waals surface area contributed by atoms with E-state index in [-0.39, 0.29) is 5.41 Å². The molecule has 0 amide bonds. The second kappa shape index (κ2) is 5.87. The van der Waals surface area contributed by atoms with E-state index in [1.807, 2.05) is 23.7 Å². The van der Waals surface area contributed by atoms with Gasteiger partial charge < -0.3 is 5.32 Å². The van der Waals surface area contributed by atoms with Crippen molar-refractivity contribution in [2.75, 3.05) is 6.54 Å². The number of nitrogens with one attached hydrogen (secondary N) is 1. The molecule has 0 saturated heterocycles. The highest BCUT2D eigenvalue weighted by Crippen LogP contribution is 2.26. The zero-order chi connectivity index (χ0) is 14.9. The summed E-state index contributed by atoms with van der Waals surface area (Å²) in [7, 11) is 0. The maximum Gasteiger partial charge on any atom is 0.155 e. The third kappa shape index (κ3) is 3.17. The Bertz CT molecular complexity index is 733. The first-order valence-corrected chi connectivity index (χ1v) is 8.46. The Morgan fingerprint density at radius 3 is 2.95 bits per heavy atom. The Morgan fingerprint density at radius 2 is 2.19 bits per heavy atom. The van der Waals surface area contributed by atoms with E-state index in [1.54, 1.807) is 6.20 Å². The van der Waals surface area contributed by atoms with Crippen LogP contribution in [0, 0.1) is 0 Å².